The lowest BCUT2D eigenvalue weighted by Gasteiger charge is -2.11. The highest BCUT2D eigenvalue weighted by molar-refractivity contribution is 5.93. The zero-order chi connectivity index (χ0) is 17.8. The Morgan fingerprint density at radius 3 is 2.38 bits per heavy atom. The van der Waals surface area contributed by atoms with Crippen LogP contribution in [0.4, 0.5) is 0 Å². The fourth-order valence-corrected chi connectivity index (χ4v) is 1.83. The van der Waals surface area contributed by atoms with Gasteiger partial charge in [0.2, 0.25) is 11.8 Å². The van der Waals surface area contributed by atoms with Crippen LogP contribution in [0.5, 0.6) is 0 Å². The molecule has 1 aromatic rings. The van der Waals surface area contributed by atoms with Crippen molar-refractivity contribution < 1.29 is 19.8 Å². The smallest absolute Gasteiger partial charge is 0.249 e. The van der Waals surface area contributed by atoms with Gasteiger partial charge in [0.25, 0.3) is 0 Å². The van der Waals surface area contributed by atoms with Crippen LogP contribution in [0.1, 0.15) is 18.4 Å². The Morgan fingerprint density at radius 1 is 1.12 bits per heavy atom. The number of benzene rings is 1. The summed E-state index contributed by atoms with van der Waals surface area (Å²) in [5, 5.41) is 23.4. The molecule has 4 N–H and O–H groups in total. The summed E-state index contributed by atoms with van der Waals surface area (Å²) in [5.74, 6) is -0.645. The van der Waals surface area contributed by atoms with Crippen molar-refractivity contribution in [1.29, 1.82) is 0 Å². The number of carbonyl (C=O) groups excluding carboxylic acids is 2. The van der Waals surface area contributed by atoms with E-state index < -0.39 is 18.6 Å². The minimum atomic E-state index is -1.24. The summed E-state index contributed by atoms with van der Waals surface area (Å²) in [7, 11) is 0. The molecule has 0 fully saturated rings. The highest BCUT2D eigenvalue weighted by Gasteiger charge is 2.14. The maximum Gasteiger partial charge on any atom is 0.249 e. The number of aliphatic hydroxyl groups excluding tert-OH is 2. The van der Waals surface area contributed by atoms with Gasteiger partial charge in [0.1, 0.15) is 6.10 Å². The fourth-order valence-electron chi connectivity index (χ4n) is 1.83. The van der Waals surface area contributed by atoms with Gasteiger partial charge >= 0.3 is 0 Å². The van der Waals surface area contributed by atoms with E-state index in [1.807, 2.05) is 30.3 Å². The lowest BCUT2D eigenvalue weighted by atomic mass is 10.1. The van der Waals surface area contributed by atoms with Crippen molar-refractivity contribution in [2.45, 2.75) is 18.9 Å². The van der Waals surface area contributed by atoms with E-state index in [-0.39, 0.29) is 11.5 Å². The highest BCUT2D eigenvalue weighted by atomic mass is 16.3. The average molecular weight is 332 g/mol. The molecule has 6 nitrogen and oxygen atoms in total. The van der Waals surface area contributed by atoms with E-state index in [0.29, 0.717) is 25.9 Å². The minimum Gasteiger partial charge on any atom is -0.393 e. The van der Waals surface area contributed by atoms with Crippen LogP contribution in [0.3, 0.4) is 0 Å². The maximum atomic E-state index is 11.6. The fraction of sp³-hybridized carbons (Fsp3) is 0.333. The largest absolute Gasteiger partial charge is 0.393 e. The molecule has 0 aliphatic carbocycles. The molecule has 0 aliphatic heterocycles. The number of rotatable bonds is 10. The molecule has 0 spiro atoms. The Morgan fingerprint density at radius 2 is 1.75 bits per heavy atom. The molecule has 24 heavy (non-hydrogen) atoms. The Hall–Kier alpha value is -2.44. The molecule has 130 valence electrons. The predicted octanol–water partition coefficient (Wildman–Crippen LogP) is 0.622. The van der Waals surface area contributed by atoms with Gasteiger partial charge in [-0.25, -0.2) is 0 Å². The third kappa shape index (κ3) is 7.71. The predicted molar refractivity (Wildman–Crippen MR) is 93.0 cm³/mol. The maximum absolute atomic E-state index is 11.6. The number of hydrogen-bond donors (Lipinski definition) is 4. The normalized spacial score (nSPS) is 11.9. The first kappa shape index (κ1) is 19.6. The molecule has 1 atom stereocenters. The van der Waals surface area contributed by atoms with Crippen molar-refractivity contribution in [3.63, 3.8) is 0 Å². The molecule has 1 rings (SSSR count). The molecular formula is C18H24N2O4. The summed E-state index contributed by atoms with van der Waals surface area (Å²) in [6, 6.07) is 9.54. The molecule has 2 amide bonds. The number of nitrogens with one attached hydrogen (secondary N) is 2. The van der Waals surface area contributed by atoms with Gasteiger partial charge in [-0.2, -0.15) is 0 Å². The lowest BCUT2D eigenvalue weighted by Crippen LogP contribution is -2.32. The van der Waals surface area contributed by atoms with Gasteiger partial charge in [0.05, 0.1) is 6.61 Å². The van der Waals surface area contributed by atoms with E-state index >= 15 is 0 Å². The van der Waals surface area contributed by atoms with Crippen molar-refractivity contribution in [2.75, 3.05) is 19.7 Å². The summed E-state index contributed by atoms with van der Waals surface area (Å²) in [6.45, 7) is 3.81. The van der Waals surface area contributed by atoms with Crippen molar-refractivity contribution in [3.05, 3.63) is 54.1 Å². The summed E-state index contributed by atoms with van der Waals surface area (Å²) in [6.07, 6.45) is 3.38. The van der Waals surface area contributed by atoms with Crippen molar-refractivity contribution in [1.82, 2.24) is 10.6 Å². The Bertz CT molecular complexity index is 570. The molecule has 0 radical (unpaired) electrons. The van der Waals surface area contributed by atoms with Crippen LogP contribution >= 0.6 is 0 Å². The first-order chi connectivity index (χ1) is 11.5. The van der Waals surface area contributed by atoms with Gasteiger partial charge in [-0.3, -0.25) is 9.59 Å². The van der Waals surface area contributed by atoms with Gasteiger partial charge in [-0.15, -0.1) is 0 Å². The molecule has 0 aromatic heterocycles. The number of unbranched alkanes of at least 4 members (excludes halogenated alkanes) is 1. The monoisotopic (exact) mass is 332 g/mol. The molecule has 0 heterocycles. The minimum absolute atomic E-state index is 0.0585. The summed E-state index contributed by atoms with van der Waals surface area (Å²) in [4.78, 5) is 23.2. The Kier molecular flexibility index (Phi) is 9.11. The van der Waals surface area contributed by atoms with E-state index in [0.717, 1.165) is 5.56 Å². The van der Waals surface area contributed by atoms with Gasteiger partial charge < -0.3 is 20.8 Å². The second-order valence-corrected chi connectivity index (χ2v) is 5.22. The van der Waals surface area contributed by atoms with E-state index in [1.165, 1.54) is 6.08 Å². The van der Waals surface area contributed by atoms with Crippen molar-refractivity contribution in [3.8, 4) is 0 Å². The quantitative estimate of drug-likeness (QED) is 0.373. The molecule has 6 heteroatoms. The Labute approximate surface area is 141 Å². The van der Waals surface area contributed by atoms with Crippen molar-refractivity contribution >= 4 is 17.9 Å². The van der Waals surface area contributed by atoms with E-state index in [9.17, 15) is 14.7 Å². The molecule has 0 aliphatic rings. The molecule has 1 aromatic carbocycles. The standard InChI is InChI=1S/C18H24N2O4/c1-14(16(22)13-21)18(24)20-12-6-5-11-19-17(23)10-9-15-7-3-2-4-8-15/h2-4,7-10,16,21-22H,1,5-6,11-13H2,(H,19,23)(H,20,24)/b10-9+/t16-/m0/s1. The highest BCUT2D eigenvalue weighted by Crippen LogP contribution is 2.00. The first-order valence-electron chi connectivity index (χ1n) is 7.81. The average Bonchev–Trinajstić information content (AvgIpc) is 2.62. The number of amides is 2. The lowest BCUT2D eigenvalue weighted by molar-refractivity contribution is -0.119. The van der Waals surface area contributed by atoms with E-state index in [4.69, 9.17) is 5.11 Å². The summed E-state index contributed by atoms with van der Waals surface area (Å²) in [5.41, 5.74) is 0.900. The molecule has 0 saturated heterocycles. The number of aliphatic hydroxyl groups is 2. The molecular weight excluding hydrogens is 308 g/mol. The Balaban J connectivity index is 2.11. The number of hydrogen-bond acceptors (Lipinski definition) is 4. The van der Waals surface area contributed by atoms with Crippen LogP contribution in [0.25, 0.3) is 6.08 Å². The van der Waals surface area contributed by atoms with Crippen LogP contribution in [-0.2, 0) is 9.59 Å². The molecule has 0 bridgehead atoms. The first-order valence-corrected chi connectivity index (χ1v) is 7.81. The van der Waals surface area contributed by atoms with E-state index in [2.05, 4.69) is 17.2 Å². The van der Waals surface area contributed by atoms with Gasteiger partial charge in [-0.05, 0) is 24.5 Å². The van der Waals surface area contributed by atoms with E-state index in [1.54, 1.807) is 6.08 Å². The van der Waals surface area contributed by atoms with Crippen LogP contribution in [-0.4, -0.2) is 47.8 Å². The van der Waals surface area contributed by atoms with Gasteiger partial charge in [0, 0.05) is 24.7 Å². The molecule has 0 unspecified atom stereocenters. The van der Waals surface area contributed by atoms with Gasteiger partial charge in [0.15, 0.2) is 0 Å². The summed E-state index contributed by atoms with van der Waals surface area (Å²) >= 11 is 0. The topological polar surface area (TPSA) is 98.7 Å². The van der Waals surface area contributed by atoms with Crippen LogP contribution in [0.15, 0.2) is 48.6 Å². The SMILES string of the molecule is C=C(C(=O)NCCCCNC(=O)/C=C/c1ccccc1)[C@@H](O)CO. The second kappa shape index (κ2) is 11.2. The van der Waals surface area contributed by atoms with Crippen LogP contribution < -0.4 is 10.6 Å². The third-order valence-corrected chi connectivity index (χ3v) is 3.28. The summed E-state index contributed by atoms with van der Waals surface area (Å²) < 4.78 is 0. The van der Waals surface area contributed by atoms with Crippen LogP contribution in [0, 0.1) is 0 Å². The zero-order valence-corrected chi connectivity index (χ0v) is 13.6. The zero-order valence-electron chi connectivity index (χ0n) is 13.6. The second-order valence-electron chi connectivity index (χ2n) is 5.22. The van der Waals surface area contributed by atoms with Crippen LogP contribution in [0.2, 0.25) is 0 Å². The van der Waals surface area contributed by atoms with Gasteiger partial charge in [-0.1, -0.05) is 36.9 Å². The molecule has 0 saturated carbocycles. The number of carbonyl (C=O) groups is 2. The third-order valence-electron chi connectivity index (χ3n) is 3.28. The van der Waals surface area contributed by atoms with Crippen molar-refractivity contribution in [2.24, 2.45) is 0 Å².